The molecule has 0 aromatic heterocycles. The fourth-order valence-corrected chi connectivity index (χ4v) is 2.63. The number of halogens is 1. The molecule has 1 aromatic rings. The topological polar surface area (TPSA) is 15.3 Å². The van der Waals surface area contributed by atoms with Crippen molar-refractivity contribution in [3.8, 4) is 0 Å². The first-order valence-corrected chi connectivity index (χ1v) is 6.62. The zero-order valence-corrected chi connectivity index (χ0v) is 11.5. The molecule has 2 nitrogen and oxygen atoms in total. The van der Waals surface area contributed by atoms with Gasteiger partial charge in [0, 0.05) is 29.6 Å². The average Bonchev–Trinajstić information content (AvgIpc) is 2.40. The van der Waals surface area contributed by atoms with E-state index in [1.54, 1.807) is 0 Å². The minimum absolute atomic E-state index is 0.260. The second-order valence-corrected chi connectivity index (χ2v) is 5.85. The molecule has 1 aliphatic heterocycles. The van der Waals surface area contributed by atoms with Gasteiger partial charge in [0.05, 0.1) is 5.69 Å². The average molecular weight is 283 g/mol. The van der Waals surface area contributed by atoms with Gasteiger partial charge < -0.3 is 10.2 Å². The van der Waals surface area contributed by atoms with Gasteiger partial charge in [-0.2, -0.15) is 0 Å². The first kappa shape index (κ1) is 11.9. The number of nitrogens with one attached hydrogen (secondary N) is 1. The summed E-state index contributed by atoms with van der Waals surface area (Å²) in [5.41, 5.74) is 1.57. The fourth-order valence-electron chi connectivity index (χ4n) is 2.09. The summed E-state index contributed by atoms with van der Waals surface area (Å²) in [5, 5.41) is 3.58. The van der Waals surface area contributed by atoms with Crippen molar-refractivity contribution < 1.29 is 0 Å². The summed E-state index contributed by atoms with van der Waals surface area (Å²) in [6.07, 6.45) is 1.17. The van der Waals surface area contributed by atoms with Gasteiger partial charge in [0.15, 0.2) is 0 Å². The molecule has 3 heteroatoms. The van der Waals surface area contributed by atoms with Crippen molar-refractivity contribution in [3.05, 3.63) is 28.7 Å². The summed E-state index contributed by atoms with van der Waals surface area (Å²) in [5.74, 6) is 0. The first-order chi connectivity index (χ1) is 7.58. The second kappa shape index (κ2) is 4.76. The number of anilines is 1. The second-order valence-electron chi connectivity index (χ2n) is 5.00. The first-order valence-electron chi connectivity index (χ1n) is 5.83. The number of benzene rings is 1. The summed E-state index contributed by atoms with van der Waals surface area (Å²) >= 11 is 3.62. The van der Waals surface area contributed by atoms with E-state index in [0.29, 0.717) is 0 Å². The Morgan fingerprint density at radius 2 is 2.00 bits per heavy atom. The molecular weight excluding hydrogens is 264 g/mol. The molecule has 0 spiro atoms. The van der Waals surface area contributed by atoms with Crippen molar-refractivity contribution >= 4 is 21.6 Å². The van der Waals surface area contributed by atoms with Crippen LogP contribution in [-0.2, 0) is 0 Å². The lowest BCUT2D eigenvalue weighted by Gasteiger charge is -2.25. The van der Waals surface area contributed by atoms with E-state index in [0.717, 1.165) is 19.6 Å². The molecule has 1 aliphatic rings. The highest BCUT2D eigenvalue weighted by Crippen LogP contribution is 2.27. The van der Waals surface area contributed by atoms with E-state index in [9.17, 15) is 0 Å². The van der Waals surface area contributed by atoms with Gasteiger partial charge >= 0.3 is 0 Å². The van der Waals surface area contributed by atoms with E-state index >= 15 is 0 Å². The van der Waals surface area contributed by atoms with E-state index in [-0.39, 0.29) is 5.54 Å². The fraction of sp³-hybridized carbons (Fsp3) is 0.538. The quantitative estimate of drug-likeness (QED) is 0.852. The maximum absolute atomic E-state index is 3.62. The van der Waals surface area contributed by atoms with Crippen molar-refractivity contribution in [2.45, 2.75) is 25.8 Å². The SMILES string of the molecule is CC1(C)CCN(c2ccccc2Br)CCN1. The normalized spacial score (nSPS) is 20.6. The molecule has 1 saturated heterocycles. The van der Waals surface area contributed by atoms with Crippen LogP contribution in [0.25, 0.3) is 0 Å². The molecule has 0 saturated carbocycles. The van der Waals surface area contributed by atoms with Crippen molar-refractivity contribution in [1.29, 1.82) is 0 Å². The van der Waals surface area contributed by atoms with Crippen LogP contribution in [0.5, 0.6) is 0 Å². The van der Waals surface area contributed by atoms with Crippen LogP contribution >= 0.6 is 15.9 Å². The number of nitrogens with zero attached hydrogens (tertiary/aromatic N) is 1. The van der Waals surface area contributed by atoms with Crippen molar-refractivity contribution in [3.63, 3.8) is 0 Å². The van der Waals surface area contributed by atoms with E-state index in [2.05, 4.69) is 64.3 Å². The highest BCUT2D eigenvalue weighted by Gasteiger charge is 2.22. The largest absolute Gasteiger partial charge is 0.369 e. The molecule has 0 bridgehead atoms. The van der Waals surface area contributed by atoms with E-state index in [1.165, 1.54) is 16.6 Å². The Bertz CT molecular complexity index is 363. The highest BCUT2D eigenvalue weighted by molar-refractivity contribution is 9.10. The van der Waals surface area contributed by atoms with Crippen molar-refractivity contribution in [1.82, 2.24) is 5.32 Å². The Morgan fingerprint density at radius 1 is 1.25 bits per heavy atom. The van der Waals surface area contributed by atoms with Crippen molar-refractivity contribution in [2.75, 3.05) is 24.5 Å². The van der Waals surface area contributed by atoms with Crippen LogP contribution in [0.2, 0.25) is 0 Å². The van der Waals surface area contributed by atoms with Crippen LogP contribution in [0.1, 0.15) is 20.3 Å². The summed E-state index contributed by atoms with van der Waals surface area (Å²) in [6, 6.07) is 8.46. The minimum atomic E-state index is 0.260. The standard InChI is InChI=1S/C13H19BrN2/c1-13(2)7-9-16(10-8-15-13)12-6-4-3-5-11(12)14/h3-6,15H,7-10H2,1-2H3. The summed E-state index contributed by atoms with van der Waals surface area (Å²) in [6.45, 7) is 7.79. The summed E-state index contributed by atoms with van der Waals surface area (Å²) in [4.78, 5) is 2.45. The van der Waals surface area contributed by atoms with Crippen LogP contribution in [-0.4, -0.2) is 25.2 Å². The van der Waals surface area contributed by atoms with Gasteiger partial charge in [-0.05, 0) is 48.3 Å². The third-order valence-corrected chi connectivity index (χ3v) is 3.86. The van der Waals surface area contributed by atoms with Gasteiger partial charge in [0.25, 0.3) is 0 Å². The smallest absolute Gasteiger partial charge is 0.0511 e. The van der Waals surface area contributed by atoms with E-state index < -0.39 is 0 Å². The van der Waals surface area contributed by atoms with Gasteiger partial charge in [-0.15, -0.1) is 0 Å². The number of para-hydroxylation sites is 1. The zero-order chi connectivity index (χ0) is 11.6. The maximum atomic E-state index is 3.62. The van der Waals surface area contributed by atoms with Crippen LogP contribution in [0, 0.1) is 0 Å². The predicted octanol–water partition coefficient (Wildman–Crippen LogP) is 3.03. The number of hydrogen-bond donors (Lipinski definition) is 1. The van der Waals surface area contributed by atoms with E-state index in [4.69, 9.17) is 0 Å². The Balaban J connectivity index is 2.14. The molecule has 1 fully saturated rings. The predicted molar refractivity (Wildman–Crippen MR) is 73.1 cm³/mol. The monoisotopic (exact) mass is 282 g/mol. The van der Waals surface area contributed by atoms with Gasteiger partial charge in [-0.1, -0.05) is 12.1 Å². The molecular formula is C13H19BrN2. The van der Waals surface area contributed by atoms with Crippen LogP contribution in [0.4, 0.5) is 5.69 Å². The molecule has 0 amide bonds. The lowest BCUT2D eigenvalue weighted by atomic mass is 10.0. The molecule has 0 aliphatic carbocycles. The van der Waals surface area contributed by atoms with E-state index in [1.807, 2.05) is 0 Å². The molecule has 1 heterocycles. The van der Waals surface area contributed by atoms with Crippen LogP contribution in [0.3, 0.4) is 0 Å². The Kier molecular flexibility index (Phi) is 3.55. The Labute approximate surface area is 106 Å². The lowest BCUT2D eigenvalue weighted by molar-refractivity contribution is 0.394. The van der Waals surface area contributed by atoms with Crippen LogP contribution in [0.15, 0.2) is 28.7 Å². The molecule has 2 rings (SSSR count). The van der Waals surface area contributed by atoms with Gasteiger partial charge in [0.2, 0.25) is 0 Å². The molecule has 88 valence electrons. The molecule has 1 aromatic carbocycles. The third kappa shape index (κ3) is 2.77. The van der Waals surface area contributed by atoms with Crippen LogP contribution < -0.4 is 10.2 Å². The Hall–Kier alpha value is -0.540. The van der Waals surface area contributed by atoms with Crippen molar-refractivity contribution in [2.24, 2.45) is 0 Å². The molecule has 0 unspecified atom stereocenters. The highest BCUT2D eigenvalue weighted by atomic mass is 79.9. The molecule has 0 radical (unpaired) electrons. The number of rotatable bonds is 1. The van der Waals surface area contributed by atoms with Gasteiger partial charge in [-0.3, -0.25) is 0 Å². The summed E-state index contributed by atoms with van der Waals surface area (Å²) < 4.78 is 1.19. The molecule has 16 heavy (non-hydrogen) atoms. The third-order valence-electron chi connectivity index (χ3n) is 3.19. The molecule has 0 atom stereocenters. The maximum Gasteiger partial charge on any atom is 0.0511 e. The Morgan fingerprint density at radius 3 is 2.75 bits per heavy atom. The summed E-state index contributed by atoms with van der Waals surface area (Å²) in [7, 11) is 0. The zero-order valence-electron chi connectivity index (χ0n) is 9.96. The lowest BCUT2D eigenvalue weighted by Crippen LogP contribution is -2.39. The van der Waals surface area contributed by atoms with Gasteiger partial charge in [-0.25, -0.2) is 0 Å². The minimum Gasteiger partial charge on any atom is -0.369 e. The number of hydrogen-bond acceptors (Lipinski definition) is 2. The molecule has 1 N–H and O–H groups in total. The van der Waals surface area contributed by atoms with Gasteiger partial charge in [0.1, 0.15) is 0 Å².